The van der Waals surface area contributed by atoms with Gasteiger partial charge in [-0.15, -0.1) is 0 Å². The van der Waals surface area contributed by atoms with E-state index in [0.29, 0.717) is 23.6 Å². The molecule has 2 aromatic rings. The number of hydrogen-bond acceptors (Lipinski definition) is 5. The average Bonchev–Trinajstić information content (AvgIpc) is 3.35. The van der Waals surface area contributed by atoms with Crippen molar-refractivity contribution in [3.63, 3.8) is 0 Å². The maximum absolute atomic E-state index is 12.5. The number of rotatable bonds is 6. The highest BCUT2D eigenvalue weighted by molar-refractivity contribution is 5.92. The van der Waals surface area contributed by atoms with Crippen LogP contribution in [0.5, 0.6) is 5.75 Å². The fourth-order valence-corrected chi connectivity index (χ4v) is 3.64. The second-order valence-corrected chi connectivity index (χ2v) is 7.05. The van der Waals surface area contributed by atoms with E-state index in [1.165, 1.54) is 5.56 Å². The SMILES string of the molecule is O=Cc1ccc2c(c1)CC(NC(=O)c1ccc(OCC3CCCO3)cn1)C2. The van der Waals surface area contributed by atoms with Crippen molar-refractivity contribution in [2.45, 2.75) is 37.8 Å². The third-order valence-corrected chi connectivity index (χ3v) is 5.06. The molecule has 1 N–H and O–H groups in total. The number of nitrogens with one attached hydrogen (secondary N) is 1. The number of carbonyl (C=O) groups is 2. The van der Waals surface area contributed by atoms with E-state index in [9.17, 15) is 9.59 Å². The summed E-state index contributed by atoms with van der Waals surface area (Å²) < 4.78 is 11.2. The number of ether oxygens (including phenoxy) is 2. The quantitative estimate of drug-likeness (QED) is 0.794. The van der Waals surface area contributed by atoms with Crippen molar-refractivity contribution in [3.05, 3.63) is 58.9 Å². The van der Waals surface area contributed by atoms with Gasteiger partial charge in [-0.05, 0) is 55.0 Å². The van der Waals surface area contributed by atoms with Crippen LogP contribution in [0.15, 0.2) is 36.5 Å². The Bertz CT molecular complexity index is 829. The van der Waals surface area contributed by atoms with Gasteiger partial charge < -0.3 is 14.8 Å². The Morgan fingerprint density at radius 1 is 1.26 bits per heavy atom. The van der Waals surface area contributed by atoms with Gasteiger partial charge in [0.05, 0.1) is 12.3 Å². The first-order valence-electron chi connectivity index (χ1n) is 9.29. The highest BCUT2D eigenvalue weighted by atomic mass is 16.5. The molecule has 6 nitrogen and oxygen atoms in total. The monoisotopic (exact) mass is 366 g/mol. The first kappa shape index (κ1) is 17.7. The minimum Gasteiger partial charge on any atom is -0.489 e. The van der Waals surface area contributed by atoms with Gasteiger partial charge >= 0.3 is 0 Å². The molecule has 1 aromatic carbocycles. The highest BCUT2D eigenvalue weighted by Gasteiger charge is 2.24. The molecule has 1 aliphatic heterocycles. The number of carbonyl (C=O) groups excluding carboxylic acids is 2. The smallest absolute Gasteiger partial charge is 0.270 e. The zero-order valence-corrected chi connectivity index (χ0v) is 15.0. The van der Waals surface area contributed by atoms with Crippen LogP contribution >= 0.6 is 0 Å². The number of aromatic nitrogens is 1. The first-order chi connectivity index (χ1) is 13.2. The molecule has 0 spiro atoms. The molecule has 0 bridgehead atoms. The second-order valence-electron chi connectivity index (χ2n) is 7.05. The number of nitrogens with zero attached hydrogens (tertiary/aromatic N) is 1. The third-order valence-electron chi connectivity index (χ3n) is 5.06. The zero-order chi connectivity index (χ0) is 18.6. The Balaban J connectivity index is 1.31. The lowest BCUT2D eigenvalue weighted by molar-refractivity contribution is 0.0678. The van der Waals surface area contributed by atoms with Gasteiger partial charge in [0.25, 0.3) is 5.91 Å². The van der Waals surface area contributed by atoms with E-state index in [0.717, 1.165) is 44.1 Å². The van der Waals surface area contributed by atoms with Crippen LogP contribution in [0.4, 0.5) is 0 Å². The summed E-state index contributed by atoms with van der Waals surface area (Å²) in [6.45, 7) is 1.31. The van der Waals surface area contributed by atoms with E-state index in [-0.39, 0.29) is 18.1 Å². The summed E-state index contributed by atoms with van der Waals surface area (Å²) in [6, 6.07) is 9.12. The molecule has 2 unspecified atom stereocenters. The maximum atomic E-state index is 12.5. The van der Waals surface area contributed by atoms with Gasteiger partial charge in [0.1, 0.15) is 24.3 Å². The summed E-state index contributed by atoms with van der Waals surface area (Å²) in [6.07, 6.45) is 6.16. The molecule has 1 amide bonds. The molecule has 1 aromatic heterocycles. The predicted molar refractivity (Wildman–Crippen MR) is 99.2 cm³/mol. The van der Waals surface area contributed by atoms with E-state index in [2.05, 4.69) is 10.3 Å². The lowest BCUT2D eigenvalue weighted by Crippen LogP contribution is -2.35. The molecule has 1 fully saturated rings. The molecule has 1 aliphatic carbocycles. The minimum absolute atomic E-state index is 0.0200. The van der Waals surface area contributed by atoms with Crippen LogP contribution in [-0.2, 0) is 17.6 Å². The molecule has 140 valence electrons. The van der Waals surface area contributed by atoms with Gasteiger partial charge in [0.2, 0.25) is 0 Å². The van der Waals surface area contributed by atoms with Crippen LogP contribution in [0.25, 0.3) is 0 Å². The number of amides is 1. The van der Waals surface area contributed by atoms with Crippen LogP contribution in [0, 0.1) is 0 Å². The van der Waals surface area contributed by atoms with E-state index >= 15 is 0 Å². The van der Waals surface area contributed by atoms with Crippen molar-refractivity contribution in [3.8, 4) is 5.75 Å². The largest absolute Gasteiger partial charge is 0.489 e. The van der Waals surface area contributed by atoms with Crippen molar-refractivity contribution < 1.29 is 19.1 Å². The van der Waals surface area contributed by atoms with Crippen molar-refractivity contribution in [1.29, 1.82) is 0 Å². The lowest BCUT2D eigenvalue weighted by Gasteiger charge is -2.13. The van der Waals surface area contributed by atoms with Crippen molar-refractivity contribution >= 4 is 12.2 Å². The number of fused-ring (bicyclic) bond motifs is 1. The molecule has 2 heterocycles. The number of aldehydes is 1. The normalized spacial score (nSPS) is 20.9. The number of pyridine rings is 1. The first-order valence-corrected chi connectivity index (χ1v) is 9.29. The zero-order valence-electron chi connectivity index (χ0n) is 15.0. The van der Waals surface area contributed by atoms with Gasteiger partial charge in [-0.1, -0.05) is 12.1 Å². The molecule has 2 aliphatic rings. The molecule has 0 saturated carbocycles. The second kappa shape index (κ2) is 7.88. The Morgan fingerprint density at radius 3 is 2.89 bits per heavy atom. The number of hydrogen-bond donors (Lipinski definition) is 1. The van der Waals surface area contributed by atoms with Crippen LogP contribution in [0.2, 0.25) is 0 Å². The molecule has 0 radical (unpaired) electrons. The number of benzene rings is 1. The fraction of sp³-hybridized carbons (Fsp3) is 0.381. The summed E-state index contributed by atoms with van der Waals surface area (Å²) in [5.74, 6) is 0.436. The summed E-state index contributed by atoms with van der Waals surface area (Å²) in [7, 11) is 0. The third kappa shape index (κ3) is 4.17. The Labute approximate surface area is 157 Å². The molecule has 27 heavy (non-hydrogen) atoms. The predicted octanol–water partition coefficient (Wildman–Crippen LogP) is 2.35. The van der Waals surface area contributed by atoms with Crippen LogP contribution in [0.3, 0.4) is 0 Å². The van der Waals surface area contributed by atoms with Crippen molar-refractivity contribution in [1.82, 2.24) is 10.3 Å². The fourth-order valence-electron chi connectivity index (χ4n) is 3.64. The standard InChI is InChI=1S/C21H22N2O4/c24-12-14-3-4-15-9-17(10-16(15)8-14)23-21(25)20-6-5-18(11-22-20)27-13-19-2-1-7-26-19/h3-6,8,11-12,17,19H,1-2,7,9-10,13H2,(H,23,25). The van der Waals surface area contributed by atoms with Crippen molar-refractivity contribution in [2.75, 3.05) is 13.2 Å². The van der Waals surface area contributed by atoms with Crippen LogP contribution < -0.4 is 10.1 Å². The van der Waals surface area contributed by atoms with E-state index in [1.807, 2.05) is 18.2 Å². The minimum atomic E-state index is -0.200. The summed E-state index contributed by atoms with van der Waals surface area (Å²) >= 11 is 0. The molecular weight excluding hydrogens is 344 g/mol. The van der Waals surface area contributed by atoms with Gasteiger partial charge in [-0.3, -0.25) is 9.59 Å². The van der Waals surface area contributed by atoms with Gasteiger partial charge in [-0.2, -0.15) is 0 Å². The summed E-state index contributed by atoms with van der Waals surface area (Å²) in [5.41, 5.74) is 3.33. The topological polar surface area (TPSA) is 77.5 Å². The van der Waals surface area contributed by atoms with E-state index in [1.54, 1.807) is 18.3 Å². The Hall–Kier alpha value is -2.73. The lowest BCUT2D eigenvalue weighted by atomic mass is 10.1. The Morgan fingerprint density at radius 2 is 2.15 bits per heavy atom. The molecular formula is C21H22N2O4. The van der Waals surface area contributed by atoms with E-state index in [4.69, 9.17) is 9.47 Å². The highest BCUT2D eigenvalue weighted by Crippen LogP contribution is 2.23. The van der Waals surface area contributed by atoms with Gasteiger partial charge in [0, 0.05) is 18.2 Å². The maximum Gasteiger partial charge on any atom is 0.270 e. The van der Waals surface area contributed by atoms with Crippen LogP contribution in [0.1, 0.15) is 44.8 Å². The Kier molecular flexibility index (Phi) is 5.16. The summed E-state index contributed by atoms with van der Waals surface area (Å²) in [4.78, 5) is 27.6. The molecule has 1 saturated heterocycles. The van der Waals surface area contributed by atoms with Crippen LogP contribution in [-0.4, -0.2) is 42.5 Å². The van der Waals surface area contributed by atoms with E-state index < -0.39 is 0 Å². The molecule has 4 rings (SSSR count). The average molecular weight is 366 g/mol. The summed E-state index contributed by atoms with van der Waals surface area (Å²) in [5, 5.41) is 3.03. The van der Waals surface area contributed by atoms with Crippen molar-refractivity contribution in [2.24, 2.45) is 0 Å². The molecule has 2 atom stereocenters. The van der Waals surface area contributed by atoms with Gasteiger partial charge in [0.15, 0.2) is 0 Å². The molecule has 6 heteroatoms. The van der Waals surface area contributed by atoms with Gasteiger partial charge in [-0.25, -0.2) is 4.98 Å².